The molecule has 24 heavy (non-hydrogen) atoms. The van der Waals surface area contributed by atoms with Crippen LogP contribution in [0.1, 0.15) is 5.56 Å². The van der Waals surface area contributed by atoms with E-state index < -0.39 is 11.0 Å². The highest BCUT2D eigenvalue weighted by molar-refractivity contribution is 5.91. The third kappa shape index (κ3) is 4.60. The third-order valence-electron chi connectivity index (χ3n) is 3.14. The van der Waals surface area contributed by atoms with E-state index in [0.717, 1.165) is 5.56 Å². The van der Waals surface area contributed by atoms with E-state index in [4.69, 9.17) is 9.47 Å². The van der Waals surface area contributed by atoms with Crippen LogP contribution in [0, 0.1) is 17.0 Å². The summed E-state index contributed by atoms with van der Waals surface area (Å²) in [4.78, 5) is 22.0. The number of amides is 2. The Labute approximate surface area is 138 Å². The number of nitro groups is 1. The first-order chi connectivity index (χ1) is 11.5. The third-order valence-corrected chi connectivity index (χ3v) is 3.14. The topological polar surface area (TPSA) is 103 Å². The number of aryl methyl sites for hydroxylation is 1. The van der Waals surface area contributed by atoms with Crippen LogP contribution in [0.3, 0.4) is 0 Å². The summed E-state index contributed by atoms with van der Waals surface area (Å²) in [6, 6.07) is 10.8. The van der Waals surface area contributed by atoms with Gasteiger partial charge in [-0.2, -0.15) is 0 Å². The molecule has 0 atom stereocenters. The number of nitro benzene ring substituents is 1. The molecule has 2 aromatic rings. The van der Waals surface area contributed by atoms with Crippen molar-refractivity contribution in [2.24, 2.45) is 0 Å². The molecule has 2 N–H and O–H groups in total. The van der Waals surface area contributed by atoms with E-state index in [1.165, 1.54) is 25.3 Å². The molecule has 126 valence electrons. The van der Waals surface area contributed by atoms with E-state index in [1.54, 1.807) is 12.1 Å². The van der Waals surface area contributed by atoms with Crippen molar-refractivity contribution in [2.75, 3.05) is 19.2 Å². The highest BCUT2D eigenvalue weighted by Crippen LogP contribution is 2.28. The lowest BCUT2D eigenvalue weighted by molar-refractivity contribution is -0.384. The van der Waals surface area contributed by atoms with Gasteiger partial charge in [0.05, 0.1) is 23.8 Å². The molecule has 0 saturated carbocycles. The Morgan fingerprint density at radius 1 is 1.21 bits per heavy atom. The van der Waals surface area contributed by atoms with Crippen molar-refractivity contribution in [3.63, 3.8) is 0 Å². The van der Waals surface area contributed by atoms with Gasteiger partial charge in [0.1, 0.15) is 11.5 Å². The molecular formula is C16H17N3O5. The number of nitrogens with one attached hydrogen (secondary N) is 2. The molecule has 0 bridgehead atoms. The van der Waals surface area contributed by atoms with Crippen molar-refractivity contribution in [2.45, 2.75) is 6.92 Å². The number of methoxy groups -OCH3 is 1. The smallest absolute Gasteiger partial charge is 0.321 e. The average Bonchev–Trinajstić information content (AvgIpc) is 2.56. The van der Waals surface area contributed by atoms with Gasteiger partial charge >= 0.3 is 6.03 Å². The maximum Gasteiger partial charge on any atom is 0.321 e. The minimum absolute atomic E-state index is 0.0236. The summed E-state index contributed by atoms with van der Waals surface area (Å²) in [6.07, 6.45) is 0. The number of hydrogen-bond acceptors (Lipinski definition) is 5. The largest absolute Gasteiger partial charge is 0.494 e. The van der Waals surface area contributed by atoms with Crippen LogP contribution < -0.4 is 20.1 Å². The minimum Gasteiger partial charge on any atom is -0.494 e. The highest BCUT2D eigenvalue weighted by atomic mass is 16.6. The van der Waals surface area contributed by atoms with Crippen molar-refractivity contribution in [3.05, 3.63) is 58.1 Å². The van der Waals surface area contributed by atoms with Crippen LogP contribution in [0.25, 0.3) is 0 Å². The SMILES string of the molecule is COc1cc([N+](=O)[O-])ccc1NC(=O)NCOc1ccc(C)cc1. The maximum atomic E-state index is 11.9. The molecule has 0 spiro atoms. The van der Waals surface area contributed by atoms with E-state index in [-0.39, 0.29) is 18.2 Å². The second-order valence-corrected chi connectivity index (χ2v) is 4.87. The lowest BCUT2D eigenvalue weighted by atomic mass is 10.2. The molecule has 2 amide bonds. The Bertz CT molecular complexity index is 731. The number of ether oxygens (including phenoxy) is 2. The predicted octanol–water partition coefficient (Wildman–Crippen LogP) is 3.07. The molecule has 0 aliphatic carbocycles. The van der Waals surface area contributed by atoms with E-state index in [1.807, 2.05) is 19.1 Å². The van der Waals surface area contributed by atoms with Gasteiger partial charge in [0.25, 0.3) is 5.69 Å². The first-order valence-corrected chi connectivity index (χ1v) is 7.06. The fourth-order valence-corrected chi connectivity index (χ4v) is 1.88. The van der Waals surface area contributed by atoms with E-state index in [0.29, 0.717) is 11.4 Å². The molecular weight excluding hydrogens is 314 g/mol. The molecule has 0 aliphatic heterocycles. The van der Waals surface area contributed by atoms with Crippen molar-refractivity contribution in [1.29, 1.82) is 0 Å². The van der Waals surface area contributed by atoms with Crippen molar-refractivity contribution < 1.29 is 19.2 Å². The van der Waals surface area contributed by atoms with Crippen LogP contribution in [-0.4, -0.2) is 24.8 Å². The van der Waals surface area contributed by atoms with Gasteiger partial charge in [0.15, 0.2) is 6.73 Å². The van der Waals surface area contributed by atoms with E-state index in [9.17, 15) is 14.9 Å². The summed E-state index contributed by atoms with van der Waals surface area (Å²) in [5.41, 5.74) is 1.30. The Hall–Kier alpha value is -3.29. The van der Waals surface area contributed by atoms with Gasteiger partial charge in [-0.05, 0) is 25.1 Å². The molecule has 0 heterocycles. The number of benzene rings is 2. The van der Waals surface area contributed by atoms with Crippen LogP contribution in [0.15, 0.2) is 42.5 Å². The molecule has 0 saturated heterocycles. The quantitative estimate of drug-likeness (QED) is 0.481. The van der Waals surface area contributed by atoms with E-state index >= 15 is 0 Å². The molecule has 8 nitrogen and oxygen atoms in total. The number of anilines is 1. The molecule has 0 fully saturated rings. The lowest BCUT2D eigenvalue weighted by Crippen LogP contribution is -2.32. The normalized spacial score (nSPS) is 9.92. The predicted molar refractivity (Wildman–Crippen MR) is 88.5 cm³/mol. The Morgan fingerprint density at radius 3 is 2.54 bits per heavy atom. The van der Waals surface area contributed by atoms with Crippen LogP contribution in [0.4, 0.5) is 16.2 Å². The van der Waals surface area contributed by atoms with Gasteiger partial charge in [-0.25, -0.2) is 4.79 Å². The Kier molecular flexibility index (Phi) is 5.56. The highest BCUT2D eigenvalue weighted by Gasteiger charge is 2.13. The average molecular weight is 331 g/mol. The standard InChI is InChI=1S/C16H17N3O5/c1-11-3-6-13(7-4-11)24-10-17-16(20)18-14-8-5-12(19(21)22)9-15(14)23-2/h3-9H,10H2,1-2H3,(H2,17,18,20). The van der Waals surface area contributed by atoms with Crippen molar-refractivity contribution in [1.82, 2.24) is 5.32 Å². The first-order valence-electron chi connectivity index (χ1n) is 7.06. The molecule has 8 heteroatoms. The number of hydrogen-bond donors (Lipinski definition) is 2. The van der Waals surface area contributed by atoms with E-state index in [2.05, 4.69) is 10.6 Å². The number of carbonyl (C=O) groups is 1. The summed E-state index contributed by atoms with van der Waals surface area (Å²) in [7, 11) is 1.36. The van der Waals surface area contributed by atoms with Crippen LogP contribution >= 0.6 is 0 Å². The number of urea groups is 1. The van der Waals surface area contributed by atoms with Crippen molar-refractivity contribution >= 4 is 17.4 Å². The number of nitrogens with zero attached hydrogens (tertiary/aromatic N) is 1. The molecule has 0 aliphatic rings. The zero-order chi connectivity index (χ0) is 17.5. The molecule has 0 aromatic heterocycles. The first kappa shape index (κ1) is 17.1. The van der Waals surface area contributed by atoms with Crippen LogP contribution in [0.2, 0.25) is 0 Å². The second-order valence-electron chi connectivity index (χ2n) is 4.87. The fraction of sp³-hybridized carbons (Fsp3) is 0.188. The summed E-state index contributed by atoms with van der Waals surface area (Å²) in [6.45, 7) is 1.94. The monoisotopic (exact) mass is 331 g/mol. The number of carbonyl (C=O) groups excluding carboxylic acids is 1. The van der Waals surface area contributed by atoms with Gasteiger partial charge in [-0.3, -0.25) is 10.1 Å². The minimum atomic E-state index is -0.540. The van der Waals surface area contributed by atoms with Gasteiger partial charge < -0.3 is 20.1 Å². The summed E-state index contributed by atoms with van der Waals surface area (Å²) >= 11 is 0. The zero-order valence-electron chi connectivity index (χ0n) is 13.2. The van der Waals surface area contributed by atoms with Crippen LogP contribution in [0.5, 0.6) is 11.5 Å². The van der Waals surface area contributed by atoms with Crippen LogP contribution in [-0.2, 0) is 0 Å². The molecule has 0 radical (unpaired) electrons. The fourth-order valence-electron chi connectivity index (χ4n) is 1.88. The Morgan fingerprint density at radius 2 is 1.92 bits per heavy atom. The zero-order valence-corrected chi connectivity index (χ0v) is 13.2. The molecule has 2 rings (SSSR count). The van der Waals surface area contributed by atoms with Gasteiger partial charge in [0.2, 0.25) is 0 Å². The van der Waals surface area contributed by atoms with Gasteiger partial charge in [-0.15, -0.1) is 0 Å². The summed E-state index contributed by atoms with van der Waals surface area (Å²) in [5, 5.41) is 15.8. The van der Waals surface area contributed by atoms with Gasteiger partial charge in [0, 0.05) is 6.07 Å². The van der Waals surface area contributed by atoms with Gasteiger partial charge in [-0.1, -0.05) is 17.7 Å². The Balaban J connectivity index is 1.90. The summed E-state index contributed by atoms with van der Waals surface area (Å²) in [5.74, 6) is 0.826. The maximum absolute atomic E-state index is 11.9. The lowest BCUT2D eigenvalue weighted by Gasteiger charge is -2.12. The number of rotatable bonds is 6. The molecule has 2 aromatic carbocycles. The summed E-state index contributed by atoms with van der Waals surface area (Å²) < 4.78 is 10.4. The molecule has 0 unspecified atom stereocenters. The van der Waals surface area contributed by atoms with Crippen molar-refractivity contribution in [3.8, 4) is 11.5 Å². The second kappa shape index (κ2) is 7.82. The number of non-ortho nitro benzene ring substituents is 1.